The molecular weight excluding hydrogens is 311 g/mol. The van der Waals surface area contributed by atoms with Gasteiger partial charge in [-0.2, -0.15) is 0 Å². The predicted octanol–water partition coefficient (Wildman–Crippen LogP) is 2.42. The summed E-state index contributed by atoms with van der Waals surface area (Å²) >= 11 is 0. The number of piperidine rings is 1. The van der Waals surface area contributed by atoms with E-state index in [4.69, 9.17) is 4.74 Å². The molecule has 0 radical (unpaired) electrons. The highest BCUT2D eigenvalue weighted by molar-refractivity contribution is 5.85. The van der Waals surface area contributed by atoms with Crippen molar-refractivity contribution < 1.29 is 18.7 Å². The fourth-order valence-electron chi connectivity index (χ4n) is 2.84. The third-order valence-electron chi connectivity index (χ3n) is 4.43. The first-order valence-corrected chi connectivity index (χ1v) is 8.35. The first-order valence-electron chi connectivity index (χ1n) is 8.35. The molecule has 1 aliphatic heterocycles. The first-order chi connectivity index (χ1) is 11.4. The van der Waals surface area contributed by atoms with E-state index in [2.05, 4.69) is 5.32 Å². The largest absolute Gasteiger partial charge is 0.451 e. The molecule has 132 valence electrons. The van der Waals surface area contributed by atoms with Crippen molar-refractivity contribution in [3.05, 3.63) is 35.6 Å². The SMILES string of the molecule is C[C@H](OC(=O)[C@@H]1CCCCN1C)C(=O)N[C@H](C)c1ccc(F)cc1. The summed E-state index contributed by atoms with van der Waals surface area (Å²) in [6.07, 6.45) is 1.96. The number of carbonyl (C=O) groups excluding carboxylic acids is 2. The molecule has 0 bridgehead atoms. The molecular formula is C18H25FN2O3. The van der Waals surface area contributed by atoms with Gasteiger partial charge in [0, 0.05) is 0 Å². The minimum absolute atomic E-state index is 0.275. The van der Waals surface area contributed by atoms with Gasteiger partial charge in [0.2, 0.25) is 0 Å². The summed E-state index contributed by atoms with van der Waals surface area (Å²) in [6, 6.07) is 5.36. The van der Waals surface area contributed by atoms with Gasteiger partial charge < -0.3 is 10.1 Å². The first kappa shape index (κ1) is 18.4. The van der Waals surface area contributed by atoms with Crippen LogP contribution in [0.2, 0.25) is 0 Å². The number of halogens is 1. The summed E-state index contributed by atoms with van der Waals surface area (Å²) in [5, 5.41) is 2.78. The van der Waals surface area contributed by atoms with Crippen LogP contribution in [0.25, 0.3) is 0 Å². The van der Waals surface area contributed by atoms with Crippen LogP contribution in [0.5, 0.6) is 0 Å². The van der Waals surface area contributed by atoms with Crippen LogP contribution < -0.4 is 5.32 Å². The molecule has 3 atom stereocenters. The number of ether oxygens (including phenoxy) is 1. The molecule has 1 aromatic carbocycles. The number of likely N-dealkylation sites (N-methyl/N-ethyl adjacent to an activating group) is 1. The van der Waals surface area contributed by atoms with Crippen LogP contribution in [-0.4, -0.2) is 42.5 Å². The predicted molar refractivity (Wildman–Crippen MR) is 88.8 cm³/mol. The third-order valence-corrected chi connectivity index (χ3v) is 4.43. The van der Waals surface area contributed by atoms with Crippen LogP contribution in [0.1, 0.15) is 44.7 Å². The van der Waals surface area contributed by atoms with E-state index in [-0.39, 0.29) is 29.8 Å². The van der Waals surface area contributed by atoms with Gasteiger partial charge in [-0.05, 0) is 58.0 Å². The number of nitrogens with zero attached hydrogens (tertiary/aromatic N) is 1. The van der Waals surface area contributed by atoms with Gasteiger partial charge in [0.05, 0.1) is 6.04 Å². The van der Waals surface area contributed by atoms with E-state index in [9.17, 15) is 14.0 Å². The molecule has 0 unspecified atom stereocenters. The fraction of sp³-hybridized carbons (Fsp3) is 0.556. The van der Waals surface area contributed by atoms with Crippen LogP contribution in [0.15, 0.2) is 24.3 Å². The van der Waals surface area contributed by atoms with Gasteiger partial charge in [-0.1, -0.05) is 18.6 Å². The standard InChI is InChI=1S/C18H25FN2O3/c1-12(14-7-9-15(19)10-8-14)20-17(22)13(2)24-18(23)16-6-4-5-11-21(16)3/h7-10,12-13,16H,4-6,11H2,1-3H3,(H,20,22)/t12-,13+,16+/m1/s1. The number of benzene rings is 1. The van der Waals surface area contributed by atoms with Crippen molar-refractivity contribution in [1.82, 2.24) is 10.2 Å². The second-order valence-corrected chi connectivity index (χ2v) is 6.35. The smallest absolute Gasteiger partial charge is 0.324 e. The molecule has 1 saturated heterocycles. The Morgan fingerprint density at radius 3 is 2.54 bits per heavy atom. The van der Waals surface area contributed by atoms with Crippen molar-refractivity contribution >= 4 is 11.9 Å². The van der Waals surface area contributed by atoms with Crippen molar-refractivity contribution in [2.45, 2.75) is 51.3 Å². The van der Waals surface area contributed by atoms with Gasteiger partial charge in [-0.25, -0.2) is 4.39 Å². The van der Waals surface area contributed by atoms with Gasteiger partial charge in [0.15, 0.2) is 6.10 Å². The van der Waals surface area contributed by atoms with Crippen LogP contribution in [-0.2, 0) is 14.3 Å². The molecule has 1 heterocycles. The van der Waals surface area contributed by atoms with E-state index in [1.54, 1.807) is 26.0 Å². The Bertz CT molecular complexity index is 576. The summed E-state index contributed by atoms with van der Waals surface area (Å²) < 4.78 is 18.3. The van der Waals surface area contributed by atoms with Crippen LogP contribution in [0.4, 0.5) is 4.39 Å². The maximum Gasteiger partial charge on any atom is 0.324 e. The van der Waals surface area contributed by atoms with Crippen molar-refractivity contribution in [2.75, 3.05) is 13.6 Å². The Hall–Kier alpha value is -1.95. The van der Waals surface area contributed by atoms with Crippen molar-refractivity contribution in [3.8, 4) is 0 Å². The lowest BCUT2D eigenvalue weighted by Gasteiger charge is -2.31. The zero-order valence-electron chi connectivity index (χ0n) is 14.4. The highest BCUT2D eigenvalue weighted by atomic mass is 19.1. The molecule has 1 amide bonds. The maximum absolute atomic E-state index is 12.9. The van der Waals surface area contributed by atoms with Gasteiger partial charge in [0.1, 0.15) is 11.9 Å². The fourth-order valence-corrected chi connectivity index (χ4v) is 2.84. The zero-order valence-corrected chi connectivity index (χ0v) is 14.4. The number of rotatable bonds is 5. The maximum atomic E-state index is 12.9. The van der Waals surface area contributed by atoms with Crippen LogP contribution >= 0.6 is 0 Å². The quantitative estimate of drug-likeness (QED) is 0.839. The lowest BCUT2D eigenvalue weighted by Crippen LogP contribution is -2.46. The van der Waals surface area contributed by atoms with E-state index in [1.807, 2.05) is 11.9 Å². The average molecular weight is 336 g/mol. The number of nitrogens with one attached hydrogen (secondary N) is 1. The Morgan fingerprint density at radius 2 is 1.92 bits per heavy atom. The normalized spacial score (nSPS) is 20.9. The highest BCUT2D eigenvalue weighted by Gasteiger charge is 2.30. The Balaban J connectivity index is 1.87. The molecule has 24 heavy (non-hydrogen) atoms. The number of carbonyl (C=O) groups is 2. The van der Waals surface area contributed by atoms with E-state index in [1.165, 1.54) is 12.1 Å². The molecule has 1 aliphatic rings. The molecule has 0 spiro atoms. The molecule has 0 aromatic heterocycles. The lowest BCUT2D eigenvalue weighted by molar-refractivity contribution is -0.160. The van der Waals surface area contributed by atoms with Gasteiger partial charge >= 0.3 is 5.97 Å². The number of hydrogen-bond donors (Lipinski definition) is 1. The van der Waals surface area contributed by atoms with Crippen LogP contribution in [0, 0.1) is 5.82 Å². The van der Waals surface area contributed by atoms with Gasteiger partial charge in [-0.3, -0.25) is 14.5 Å². The van der Waals surface area contributed by atoms with E-state index < -0.39 is 6.10 Å². The van der Waals surface area contributed by atoms with Gasteiger partial charge in [0.25, 0.3) is 5.91 Å². The monoisotopic (exact) mass is 336 g/mol. The number of amides is 1. The van der Waals surface area contributed by atoms with Crippen molar-refractivity contribution in [2.24, 2.45) is 0 Å². The minimum atomic E-state index is -0.865. The number of likely N-dealkylation sites (tertiary alicyclic amines) is 1. The molecule has 0 aliphatic carbocycles. The molecule has 2 rings (SSSR count). The summed E-state index contributed by atoms with van der Waals surface area (Å²) in [4.78, 5) is 26.4. The van der Waals surface area contributed by atoms with Crippen molar-refractivity contribution in [3.63, 3.8) is 0 Å². The topological polar surface area (TPSA) is 58.6 Å². The number of hydrogen-bond acceptors (Lipinski definition) is 4. The van der Waals surface area contributed by atoms with Crippen molar-refractivity contribution in [1.29, 1.82) is 0 Å². The van der Waals surface area contributed by atoms with Gasteiger partial charge in [-0.15, -0.1) is 0 Å². The Labute approximate surface area is 142 Å². The summed E-state index contributed by atoms with van der Waals surface area (Å²) in [7, 11) is 1.90. The summed E-state index contributed by atoms with van der Waals surface area (Å²) in [5.74, 6) is -1.04. The van der Waals surface area contributed by atoms with E-state index >= 15 is 0 Å². The molecule has 1 N–H and O–H groups in total. The highest BCUT2D eigenvalue weighted by Crippen LogP contribution is 2.17. The lowest BCUT2D eigenvalue weighted by atomic mass is 10.0. The second kappa shape index (κ2) is 8.24. The third kappa shape index (κ3) is 4.77. The summed E-state index contributed by atoms with van der Waals surface area (Å²) in [6.45, 7) is 4.23. The molecule has 0 saturated carbocycles. The number of esters is 1. The molecule has 5 nitrogen and oxygen atoms in total. The van der Waals surface area contributed by atoms with E-state index in [0.717, 1.165) is 31.4 Å². The second-order valence-electron chi connectivity index (χ2n) is 6.35. The van der Waals surface area contributed by atoms with E-state index in [0.29, 0.717) is 0 Å². The zero-order chi connectivity index (χ0) is 17.7. The molecule has 1 aromatic rings. The van der Waals surface area contributed by atoms with Crippen LogP contribution in [0.3, 0.4) is 0 Å². The minimum Gasteiger partial charge on any atom is -0.451 e. The Morgan fingerprint density at radius 1 is 1.25 bits per heavy atom. The molecule has 6 heteroatoms. The Kier molecular flexibility index (Phi) is 6.31. The summed E-state index contributed by atoms with van der Waals surface area (Å²) in [5.41, 5.74) is 0.787. The molecule has 1 fully saturated rings. The average Bonchev–Trinajstić information content (AvgIpc) is 2.55.